The van der Waals surface area contributed by atoms with E-state index < -0.39 is 41.5 Å². The first-order valence-corrected chi connectivity index (χ1v) is 5.82. The fourth-order valence-corrected chi connectivity index (χ4v) is 1.75. The Hall–Kier alpha value is -1.63. The zero-order valence-corrected chi connectivity index (χ0v) is 10.8. The van der Waals surface area contributed by atoms with E-state index in [1.807, 2.05) is 0 Å². The van der Waals surface area contributed by atoms with Gasteiger partial charge in [0.1, 0.15) is 5.82 Å². The highest BCUT2D eigenvalue weighted by Gasteiger charge is 2.33. The molecule has 7 heteroatoms. The van der Waals surface area contributed by atoms with Crippen LogP contribution in [0, 0.1) is 17.7 Å². The number of benzene rings is 1. The van der Waals surface area contributed by atoms with Gasteiger partial charge in [-0.1, -0.05) is 13.8 Å². The van der Waals surface area contributed by atoms with E-state index in [1.165, 1.54) is 13.8 Å². The van der Waals surface area contributed by atoms with Crippen LogP contribution in [-0.2, 0) is 11.0 Å². The molecule has 0 saturated heterocycles. The summed E-state index contributed by atoms with van der Waals surface area (Å²) >= 11 is 0. The average molecular weight is 294 g/mol. The highest BCUT2D eigenvalue weighted by Crippen LogP contribution is 2.34. The maximum atomic E-state index is 13.2. The number of aliphatic carboxylic acids is 1. The summed E-state index contributed by atoms with van der Waals surface area (Å²) in [7, 11) is 0. The Morgan fingerprint density at radius 2 is 1.75 bits per heavy atom. The molecule has 0 fully saturated rings. The van der Waals surface area contributed by atoms with Crippen molar-refractivity contribution in [2.24, 2.45) is 11.8 Å². The minimum absolute atomic E-state index is 0.294. The van der Waals surface area contributed by atoms with Crippen LogP contribution in [0.3, 0.4) is 0 Å². The van der Waals surface area contributed by atoms with Crippen LogP contribution in [0.1, 0.15) is 31.1 Å². The molecule has 0 bridgehead atoms. The number of aliphatic hydroxyl groups excluding tert-OH is 1. The molecule has 0 aliphatic carbocycles. The number of halogens is 4. The number of carbonyl (C=O) groups is 1. The second kappa shape index (κ2) is 5.78. The van der Waals surface area contributed by atoms with Crippen molar-refractivity contribution in [2.75, 3.05) is 0 Å². The van der Waals surface area contributed by atoms with Crippen molar-refractivity contribution in [2.45, 2.75) is 26.1 Å². The Bertz CT molecular complexity index is 499. The number of aliphatic hydroxyl groups is 1. The summed E-state index contributed by atoms with van der Waals surface area (Å²) in [4.78, 5) is 10.8. The van der Waals surface area contributed by atoms with Crippen molar-refractivity contribution in [1.82, 2.24) is 0 Å². The molecule has 0 aliphatic rings. The van der Waals surface area contributed by atoms with Gasteiger partial charge in [-0.2, -0.15) is 13.2 Å². The third-order valence-electron chi connectivity index (χ3n) is 3.27. The fraction of sp³-hybridized carbons (Fsp3) is 0.462. The van der Waals surface area contributed by atoms with Gasteiger partial charge < -0.3 is 10.2 Å². The standard InChI is InChI=1S/C13H14F4O3/c1-6(7(2)12(19)20)11(18)8-3-9(13(15,16)17)5-10(14)4-8/h3-7,11,18H,1-2H3,(H,19,20). The van der Waals surface area contributed by atoms with Crippen molar-refractivity contribution >= 4 is 5.97 Å². The van der Waals surface area contributed by atoms with E-state index in [1.54, 1.807) is 0 Å². The van der Waals surface area contributed by atoms with Crippen molar-refractivity contribution in [3.63, 3.8) is 0 Å². The van der Waals surface area contributed by atoms with Gasteiger partial charge in [0.25, 0.3) is 0 Å². The Labute approximate surface area is 112 Å². The van der Waals surface area contributed by atoms with Gasteiger partial charge in [-0.15, -0.1) is 0 Å². The van der Waals surface area contributed by atoms with Gasteiger partial charge >= 0.3 is 12.1 Å². The Morgan fingerprint density at radius 3 is 2.20 bits per heavy atom. The van der Waals surface area contributed by atoms with Crippen LogP contribution in [0.2, 0.25) is 0 Å². The molecule has 3 nitrogen and oxygen atoms in total. The van der Waals surface area contributed by atoms with E-state index in [0.29, 0.717) is 12.1 Å². The van der Waals surface area contributed by atoms with Gasteiger partial charge in [-0.05, 0) is 29.7 Å². The third-order valence-corrected chi connectivity index (χ3v) is 3.27. The van der Waals surface area contributed by atoms with Gasteiger partial charge in [-0.25, -0.2) is 4.39 Å². The molecule has 0 aliphatic heterocycles. The first-order valence-electron chi connectivity index (χ1n) is 5.82. The molecule has 0 aromatic heterocycles. The van der Waals surface area contributed by atoms with Crippen molar-refractivity contribution in [3.05, 3.63) is 35.1 Å². The maximum Gasteiger partial charge on any atom is 0.416 e. The number of hydrogen-bond acceptors (Lipinski definition) is 2. The van der Waals surface area contributed by atoms with Gasteiger partial charge in [0, 0.05) is 0 Å². The van der Waals surface area contributed by atoms with E-state index in [-0.39, 0.29) is 5.56 Å². The number of carboxylic acid groups (broad SMARTS) is 1. The summed E-state index contributed by atoms with van der Waals surface area (Å²) in [6, 6.07) is 1.71. The van der Waals surface area contributed by atoms with Crippen LogP contribution in [0.25, 0.3) is 0 Å². The highest BCUT2D eigenvalue weighted by atomic mass is 19.4. The topological polar surface area (TPSA) is 57.5 Å². The van der Waals surface area contributed by atoms with E-state index in [4.69, 9.17) is 5.11 Å². The molecule has 1 rings (SSSR count). The molecule has 3 unspecified atom stereocenters. The molecule has 0 heterocycles. The molecular formula is C13H14F4O3. The quantitative estimate of drug-likeness (QED) is 0.838. The van der Waals surface area contributed by atoms with Crippen molar-refractivity contribution in [3.8, 4) is 0 Å². The largest absolute Gasteiger partial charge is 0.481 e. The van der Waals surface area contributed by atoms with E-state index >= 15 is 0 Å². The first-order chi connectivity index (χ1) is 9.04. The molecule has 2 N–H and O–H groups in total. The second-order valence-corrected chi connectivity index (χ2v) is 4.70. The van der Waals surface area contributed by atoms with Crippen molar-refractivity contribution < 1.29 is 32.6 Å². The molecule has 0 saturated carbocycles. The van der Waals surface area contributed by atoms with Crippen LogP contribution >= 0.6 is 0 Å². The third kappa shape index (κ3) is 3.69. The molecule has 112 valence electrons. The lowest BCUT2D eigenvalue weighted by molar-refractivity contribution is -0.144. The lowest BCUT2D eigenvalue weighted by atomic mass is 9.86. The summed E-state index contributed by atoms with van der Waals surface area (Å²) in [6.45, 7) is 2.70. The highest BCUT2D eigenvalue weighted by molar-refractivity contribution is 5.69. The lowest BCUT2D eigenvalue weighted by Crippen LogP contribution is -2.24. The van der Waals surface area contributed by atoms with E-state index in [2.05, 4.69) is 0 Å². The molecule has 1 aromatic carbocycles. The normalized spacial score (nSPS) is 16.6. The number of hydrogen-bond donors (Lipinski definition) is 2. The Balaban J connectivity index is 3.13. The molecule has 0 radical (unpaired) electrons. The van der Waals surface area contributed by atoms with E-state index in [0.717, 1.165) is 6.07 Å². The molecule has 1 aromatic rings. The first kappa shape index (κ1) is 16.4. The minimum Gasteiger partial charge on any atom is -0.481 e. The molecule has 20 heavy (non-hydrogen) atoms. The van der Waals surface area contributed by atoms with Gasteiger partial charge in [0.2, 0.25) is 0 Å². The molecule has 0 amide bonds. The predicted octanol–water partition coefficient (Wildman–Crippen LogP) is 3.23. The zero-order chi connectivity index (χ0) is 15.7. The Morgan fingerprint density at radius 1 is 1.20 bits per heavy atom. The van der Waals surface area contributed by atoms with Crippen LogP contribution in [0.15, 0.2) is 18.2 Å². The molecular weight excluding hydrogens is 280 g/mol. The van der Waals surface area contributed by atoms with Crippen LogP contribution < -0.4 is 0 Å². The molecule has 3 atom stereocenters. The number of alkyl halides is 3. The monoisotopic (exact) mass is 294 g/mol. The van der Waals surface area contributed by atoms with E-state index in [9.17, 15) is 27.5 Å². The summed E-state index contributed by atoms with van der Waals surface area (Å²) in [5.41, 5.74) is -1.51. The van der Waals surface area contributed by atoms with Gasteiger partial charge in [-0.3, -0.25) is 4.79 Å². The Kier molecular flexibility index (Phi) is 4.75. The maximum absolute atomic E-state index is 13.2. The second-order valence-electron chi connectivity index (χ2n) is 4.70. The van der Waals surface area contributed by atoms with Crippen molar-refractivity contribution in [1.29, 1.82) is 0 Å². The van der Waals surface area contributed by atoms with Gasteiger partial charge in [0.05, 0.1) is 17.6 Å². The summed E-state index contributed by atoms with van der Waals surface area (Å²) in [5, 5.41) is 18.7. The smallest absolute Gasteiger partial charge is 0.416 e. The van der Waals surface area contributed by atoms with Crippen LogP contribution in [-0.4, -0.2) is 16.2 Å². The predicted molar refractivity (Wildman–Crippen MR) is 62.3 cm³/mol. The summed E-state index contributed by atoms with van der Waals surface area (Å²) < 4.78 is 50.9. The fourth-order valence-electron chi connectivity index (χ4n) is 1.75. The van der Waals surface area contributed by atoms with Crippen LogP contribution in [0.4, 0.5) is 17.6 Å². The summed E-state index contributed by atoms with van der Waals surface area (Å²) in [5.74, 6) is -4.17. The number of rotatable bonds is 4. The zero-order valence-electron chi connectivity index (χ0n) is 10.8. The SMILES string of the molecule is CC(C(=O)O)C(C)C(O)c1cc(F)cc(C(F)(F)F)c1. The summed E-state index contributed by atoms with van der Waals surface area (Å²) in [6.07, 6.45) is -6.24. The average Bonchev–Trinajstić information content (AvgIpc) is 2.34. The minimum atomic E-state index is -4.74. The van der Waals surface area contributed by atoms with Gasteiger partial charge in [0.15, 0.2) is 0 Å². The van der Waals surface area contributed by atoms with Crippen LogP contribution in [0.5, 0.6) is 0 Å². The molecule has 0 spiro atoms. The number of carboxylic acids is 1. The lowest BCUT2D eigenvalue weighted by Gasteiger charge is -2.23.